The lowest BCUT2D eigenvalue weighted by atomic mass is 10.00. The number of thioether (sulfide) groups is 1. The highest BCUT2D eigenvalue weighted by atomic mass is 79.9. The highest BCUT2D eigenvalue weighted by molar-refractivity contribution is 9.10. The Balaban J connectivity index is 1.70. The van der Waals surface area contributed by atoms with Crippen molar-refractivity contribution in [3.8, 4) is 5.75 Å². The number of furan rings is 1. The van der Waals surface area contributed by atoms with Crippen molar-refractivity contribution in [3.05, 3.63) is 58.1 Å². The number of anilines is 2. The van der Waals surface area contributed by atoms with Gasteiger partial charge in [0.2, 0.25) is 11.1 Å². The summed E-state index contributed by atoms with van der Waals surface area (Å²) >= 11 is 4.98. The molecule has 0 fully saturated rings. The Morgan fingerprint density at radius 1 is 1.30 bits per heavy atom. The molecule has 1 atom stereocenters. The number of fused-ring (bicyclic) bond motifs is 1. The molecule has 1 aliphatic rings. The van der Waals surface area contributed by atoms with Crippen molar-refractivity contribution in [1.82, 2.24) is 14.8 Å². The Hall–Kier alpha value is -2.72. The molecule has 2 aromatic heterocycles. The average molecular weight is 532 g/mol. The van der Waals surface area contributed by atoms with E-state index in [-0.39, 0.29) is 5.91 Å². The second-order valence-corrected chi connectivity index (χ2v) is 9.30. The first-order valence-electron chi connectivity index (χ1n) is 10.9. The van der Waals surface area contributed by atoms with Crippen molar-refractivity contribution in [2.45, 2.75) is 44.8 Å². The Kier molecular flexibility index (Phi) is 7.44. The molecule has 0 aliphatic carbocycles. The topological polar surface area (TPSA) is 94.2 Å². The van der Waals surface area contributed by atoms with Crippen LogP contribution in [0, 0.1) is 0 Å². The van der Waals surface area contributed by atoms with Gasteiger partial charge >= 0.3 is 0 Å². The van der Waals surface area contributed by atoms with Gasteiger partial charge in [0.25, 0.3) is 5.91 Å². The number of para-hydroxylation sites is 2. The molecule has 1 amide bonds. The van der Waals surface area contributed by atoms with Gasteiger partial charge in [0.05, 0.1) is 17.9 Å². The molecular formula is C23H26BrN5O3S. The second kappa shape index (κ2) is 10.5. The quantitative estimate of drug-likeness (QED) is 0.264. The van der Waals surface area contributed by atoms with E-state index in [1.165, 1.54) is 0 Å². The van der Waals surface area contributed by atoms with Gasteiger partial charge in [-0.3, -0.25) is 4.79 Å². The van der Waals surface area contributed by atoms with Crippen LogP contribution in [0.25, 0.3) is 0 Å². The fourth-order valence-corrected chi connectivity index (χ4v) is 4.81. The molecule has 3 heterocycles. The summed E-state index contributed by atoms with van der Waals surface area (Å²) in [5.41, 5.74) is 1.78. The molecular weight excluding hydrogens is 506 g/mol. The van der Waals surface area contributed by atoms with Crippen LogP contribution in [-0.2, 0) is 4.79 Å². The minimum absolute atomic E-state index is 0.272. The van der Waals surface area contributed by atoms with E-state index in [0.717, 1.165) is 18.6 Å². The number of unbranched alkanes of at least 4 members (excludes halogenated alkanes) is 1. The molecule has 0 saturated carbocycles. The van der Waals surface area contributed by atoms with Gasteiger partial charge in [-0.15, -0.1) is 5.10 Å². The first-order valence-corrected chi connectivity index (χ1v) is 12.6. The van der Waals surface area contributed by atoms with Crippen LogP contribution < -0.4 is 15.4 Å². The van der Waals surface area contributed by atoms with Crippen molar-refractivity contribution < 1.29 is 13.9 Å². The molecule has 174 valence electrons. The summed E-state index contributed by atoms with van der Waals surface area (Å²) in [4.78, 5) is 18.2. The lowest BCUT2D eigenvalue weighted by Crippen LogP contribution is -2.31. The van der Waals surface area contributed by atoms with E-state index >= 15 is 0 Å². The molecule has 3 aromatic rings. The average Bonchev–Trinajstić information content (AvgIpc) is 3.40. The molecule has 2 N–H and O–H groups in total. The van der Waals surface area contributed by atoms with Crippen LogP contribution in [0.15, 0.2) is 61.9 Å². The van der Waals surface area contributed by atoms with E-state index < -0.39 is 6.04 Å². The fourth-order valence-electron chi connectivity index (χ4n) is 3.57. The number of nitrogens with zero attached hydrogens (tertiary/aromatic N) is 3. The number of amides is 1. The maximum Gasteiger partial charge on any atom is 0.256 e. The fraction of sp³-hybridized carbons (Fsp3) is 0.348. The van der Waals surface area contributed by atoms with E-state index in [0.29, 0.717) is 50.8 Å². The predicted octanol–water partition coefficient (Wildman–Crippen LogP) is 5.85. The van der Waals surface area contributed by atoms with Crippen LogP contribution in [0.2, 0.25) is 0 Å². The molecule has 0 spiro atoms. The van der Waals surface area contributed by atoms with Gasteiger partial charge < -0.3 is 19.8 Å². The third-order valence-electron chi connectivity index (χ3n) is 5.11. The first-order chi connectivity index (χ1) is 16.0. The summed E-state index contributed by atoms with van der Waals surface area (Å²) in [5.74, 6) is 2.44. The molecule has 8 nitrogen and oxygen atoms in total. The standard InChI is InChI=1S/C23H26BrN5O3S/c1-4-6-13-33-23-27-22-25-14(3)19(20(29(22)28-23)17-11-12-18(24)32-17)21(30)26-15-9-7-8-10-16(15)31-5-2/h7-12,20H,4-6,13H2,1-3H3,(H,26,30)(H,25,27,28). The minimum Gasteiger partial charge on any atom is -0.492 e. The number of nitrogens with one attached hydrogen (secondary N) is 2. The van der Waals surface area contributed by atoms with E-state index in [1.807, 2.05) is 44.2 Å². The monoisotopic (exact) mass is 531 g/mol. The second-order valence-electron chi connectivity index (χ2n) is 7.46. The lowest BCUT2D eigenvalue weighted by Gasteiger charge is -2.27. The summed E-state index contributed by atoms with van der Waals surface area (Å²) in [6, 6.07) is 10.4. The molecule has 10 heteroatoms. The summed E-state index contributed by atoms with van der Waals surface area (Å²) in [7, 11) is 0. The number of carbonyl (C=O) groups is 1. The highest BCUT2D eigenvalue weighted by Crippen LogP contribution is 2.38. The van der Waals surface area contributed by atoms with Gasteiger partial charge in [-0.2, -0.15) is 4.98 Å². The molecule has 33 heavy (non-hydrogen) atoms. The third kappa shape index (κ3) is 5.11. The van der Waals surface area contributed by atoms with E-state index in [4.69, 9.17) is 14.3 Å². The smallest absolute Gasteiger partial charge is 0.256 e. The van der Waals surface area contributed by atoms with Crippen LogP contribution in [0.4, 0.5) is 11.6 Å². The Morgan fingerprint density at radius 2 is 2.12 bits per heavy atom. The molecule has 4 rings (SSSR count). The van der Waals surface area contributed by atoms with Crippen molar-refractivity contribution in [3.63, 3.8) is 0 Å². The van der Waals surface area contributed by atoms with Gasteiger partial charge in [0.15, 0.2) is 4.67 Å². The number of carbonyl (C=O) groups excluding carboxylic acids is 1. The Morgan fingerprint density at radius 3 is 2.85 bits per heavy atom. The van der Waals surface area contributed by atoms with Crippen LogP contribution in [0.3, 0.4) is 0 Å². The van der Waals surface area contributed by atoms with E-state index in [1.54, 1.807) is 22.5 Å². The zero-order valence-electron chi connectivity index (χ0n) is 18.7. The molecule has 0 saturated heterocycles. The summed E-state index contributed by atoms with van der Waals surface area (Å²) < 4.78 is 13.9. The normalized spacial score (nSPS) is 15.2. The number of halogens is 1. The van der Waals surface area contributed by atoms with Gasteiger partial charge in [-0.25, -0.2) is 4.68 Å². The molecule has 1 unspecified atom stereocenters. The van der Waals surface area contributed by atoms with Gasteiger partial charge in [0, 0.05) is 11.4 Å². The lowest BCUT2D eigenvalue weighted by molar-refractivity contribution is -0.113. The van der Waals surface area contributed by atoms with E-state index in [2.05, 4.69) is 38.5 Å². The molecule has 1 aliphatic heterocycles. The van der Waals surface area contributed by atoms with Gasteiger partial charge in [-0.1, -0.05) is 37.2 Å². The van der Waals surface area contributed by atoms with Gasteiger partial charge in [-0.05, 0) is 60.5 Å². The number of hydrogen-bond acceptors (Lipinski definition) is 7. The van der Waals surface area contributed by atoms with Crippen molar-refractivity contribution in [2.24, 2.45) is 0 Å². The highest BCUT2D eigenvalue weighted by Gasteiger charge is 2.36. The Labute approximate surface area is 205 Å². The summed E-state index contributed by atoms with van der Waals surface area (Å²) in [6.07, 6.45) is 2.19. The number of aromatic nitrogens is 3. The zero-order chi connectivity index (χ0) is 23.4. The number of benzene rings is 1. The maximum absolute atomic E-state index is 13.6. The van der Waals surface area contributed by atoms with Gasteiger partial charge in [0.1, 0.15) is 17.6 Å². The molecule has 1 aromatic carbocycles. The Bertz CT molecular complexity index is 1170. The van der Waals surface area contributed by atoms with Crippen LogP contribution in [-0.4, -0.2) is 33.0 Å². The largest absolute Gasteiger partial charge is 0.492 e. The van der Waals surface area contributed by atoms with Crippen molar-refractivity contribution in [1.29, 1.82) is 0 Å². The summed E-state index contributed by atoms with van der Waals surface area (Å²) in [6.45, 7) is 6.42. The van der Waals surface area contributed by atoms with Crippen LogP contribution in [0.1, 0.15) is 45.4 Å². The maximum atomic E-state index is 13.6. The molecule has 0 bridgehead atoms. The predicted molar refractivity (Wildman–Crippen MR) is 133 cm³/mol. The van der Waals surface area contributed by atoms with E-state index in [9.17, 15) is 4.79 Å². The number of rotatable bonds is 9. The number of ether oxygens (including phenoxy) is 1. The minimum atomic E-state index is -0.570. The van der Waals surface area contributed by atoms with Crippen LogP contribution in [0.5, 0.6) is 5.75 Å². The van der Waals surface area contributed by atoms with Crippen LogP contribution >= 0.6 is 27.7 Å². The first kappa shape index (κ1) is 23.4. The van der Waals surface area contributed by atoms with Crippen molar-refractivity contribution >= 4 is 45.2 Å². The summed E-state index contributed by atoms with van der Waals surface area (Å²) in [5, 5.41) is 11.6. The zero-order valence-corrected chi connectivity index (χ0v) is 21.1. The third-order valence-corrected chi connectivity index (χ3v) is 6.46. The number of hydrogen-bond donors (Lipinski definition) is 2. The SMILES string of the molecule is CCCCSc1nc2n(n1)C(c1ccc(Br)o1)C(C(=O)Nc1ccccc1OCC)=C(C)N2. The molecule has 0 radical (unpaired) electrons. The number of allylic oxidation sites excluding steroid dienone is 1. The van der Waals surface area contributed by atoms with Crippen molar-refractivity contribution in [2.75, 3.05) is 23.0 Å².